The Kier molecular flexibility index (Phi) is 2.28. The molecule has 1 aliphatic carbocycles. The summed E-state index contributed by atoms with van der Waals surface area (Å²) in [4.78, 5) is 2.66. The second kappa shape index (κ2) is 3.63. The zero-order valence-corrected chi connectivity index (χ0v) is 9.39. The van der Waals surface area contributed by atoms with E-state index >= 15 is 0 Å². The van der Waals surface area contributed by atoms with Gasteiger partial charge in [0.05, 0.1) is 6.20 Å². The second-order valence-electron chi connectivity index (χ2n) is 5.04. The molecule has 1 saturated carbocycles. The quantitative estimate of drug-likeness (QED) is 0.750. The van der Waals surface area contributed by atoms with Crippen LogP contribution in [0.25, 0.3) is 0 Å². The lowest BCUT2D eigenvalue weighted by molar-refractivity contribution is 0.223. The van der Waals surface area contributed by atoms with Crippen molar-refractivity contribution >= 4 is 0 Å². The van der Waals surface area contributed by atoms with Crippen molar-refractivity contribution in [3.63, 3.8) is 0 Å². The predicted molar refractivity (Wildman–Crippen MR) is 59.4 cm³/mol. The smallest absolute Gasteiger partial charge is 0.0534 e. The molecule has 1 saturated heterocycles. The van der Waals surface area contributed by atoms with E-state index in [1.165, 1.54) is 37.8 Å². The molecule has 0 bridgehead atoms. The summed E-state index contributed by atoms with van der Waals surface area (Å²) in [6, 6.07) is 0.880. The summed E-state index contributed by atoms with van der Waals surface area (Å²) in [7, 11) is 1.99. The molecule has 1 atom stereocenters. The number of likely N-dealkylation sites (tertiary alicyclic amines) is 1. The highest BCUT2D eigenvalue weighted by atomic mass is 15.2. The minimum absolute atomic E-state index is 0.880. The predicted octanol–water partition coefficient (Wildman–Crippen LogP) is 1.79. The maximum Gasteiger partial charge on any atom is 0.0534 e. The van der Waals surface area contributed by atoms with E-state index in [1.54, 1.807) is 0 Å². The molecular formula is C12H19N3. The van der Waals surface area contributed by atoms with Crippen LogP contribution in [0.15, 0.2) is 12.4 Å². The van der Waals surface area contributed by atoms with Crippen LogP contribution in [0.3, 0.4) is 0 Å². The van der Waals surface area contributed by atoms with Gasteiger partial charge in [-0.25, -0.2) is 0 Å². The van der Waals surface area contributed by atoms with E-state index < -0.39 is 0 Å². The molecule has 1 aromatic heterocycles. The molecule has 3 nitrogen and oxygen atoms in total. The van der Waals surface area contributed by atoms with Crippen molar-refractivity contribution in [1.29, 1.82) is 0 Å². The summed E-state index contributed by atoms with van der Waals surface area (Å²) < 4.78 is 1.90. The van der Waals surface area contributed by atoms with E-state index in [0.29, 0.717) is 0 Å². The van der Waals surface area contributed by atoms with Crippen LogP contribution in [0.4, 0.5) is 0 Å². The van der Waals surface area contributed by atoms with Gasteiger partial charge in [0.25, 0.3) is 0 Å². The van der Waals surface area contributed by atoms with Crippen LogP contribution < -0.4 is 0 Å². The van der Waals surface area contributed by atoms with Crippen molar-refractivity contribution in [1.82, 2.24) is 14.7 Å². The second-order valence-corrected chi connectivity index (χ2v) is 5.04. The molecule has 0 aromatic carbocycles. The van der Waals surface area contributed by atoms with E-state index in [4.69, 9.17) is 0 Å². The van der Waals surface area contributed by atoms with Crippen molar-refractivity contribution in [3.8, 4) is 0 Å². The average Bonchev–Trinajstić information content (AvgIpc) is 2.83. The van der Waals surface area contributed by atoms with Crippen molar-refractivity contribution in [2.75, 3.05) is 6.54 Å². The highest BCUT2D eigenvalue weighted by Crippen LogP contribution is 2.40. The molecule has 2 aliphatic rings. The minimum Gasteiger partial charge on any atom is -0.296 e. The van der Waals surface area contributed by atoms with Gasteiger partial charge in [0.1, 0.15) is 0 Å². The van der Waals surface area contributed by atoms with Gasteiger partial charge >= 0.3 is 0 Å². The van der Waals surface area contributed by atoms with Crippen molar-refractivity contribution in [3.05, 3.63) is 18.0 Å². The molecule has 1 aliphatic heterocycles. The molecule has 15 heavy (non-hydrogen) atoms. The van der Waals surface area contributed by atoms with Gasteiger partial charge in [0, 0.05) is 31.4 Å². The van der Waals surface area contributed by atoms with Crippen LogP contribution in [0.2, 0.25) is 0 Å². The molecule has 3 rings (SSSR count). The molecule has 1 aromatic rings. The molecule has 0 spiro atoms. The van der Waals surface area contributed by atoms with Crippen LogP contribution >= 0.6 is 0 Å². The molecule has 2 fully saturated rings. The summed E-state index contributed by atoms with van der Waals surface area (Å²) >= 11 is 0. The Morgan fingerprint density at radius 3 is 2.93 bits per heavy atom. The van der Waals surface area contributed by atoms with E-state index in [2.05, 4.69) is 16.2 Å². The van der Waals surface area contributed by atoms with Gasteiger partial charge in [-0.3, -0.25) is 9.58 Å². The fraction of sp³-hybridized carbons (Fsp3) is 0.750. The molecule has 3 heteroatoms. The van der Waals surface area contributed by atoms with Gasteiger partial charge in [-0.05, 0) is 38.1 Å². The fourth-order valence-corrected chi connectivity index (χ4v) is 2.85. The Bertz CT molecular complexity index is 340. The normalized spacial score (nSPS) is 27.4. The van der Waals surface area contributed by atoms with E-state index in [1.807, 2.05) is 17.9 Å². The summed E-state index contributed by atoms with van der Waals surface area (Å²) in [6.07, 6.45) is 9.89. The minimum atomic E-state index is 0.880. The number of rotatable bonds is 3. The third-order valence-corrected chi connectivity index (χ3v) is 3.72. The SMILES string of the molecule is Cn1cc(CN2CCCC2C2CC2)cn1. The van der Waals surface area contributed by atoms with Crippen molar-refractivity contribution < 1.29 is 0 Å². The van der Waals surface area contributed by atoms with Gasteiger partial charge in [-0.2, -0.15) is 5.10 Å². The summed E-state index contributed by atoms with van der Waals surface area (Å²) in [5.41, 5.74) is 1.37. The van der Waals surface area contributed by atoms with Gasteiger partial charge in [-0.1, -0.05) is 0 Å². The van der Waals surface area contributed by atoms with Gasteiger partial charge in [0.2, 0.25) is 0 Å². The first-order valence-corrected chi connectivity index (χ1v) is 6.04. The Morgan fingerprint density at radius 2 is 2.27 bits per heavy atom. The lowest BCUT2D eigenvalue weighted by Gasteiger charge is -2.23. The maximum atomic E-state index is 4.23. The largest absolute Gasteiger partial charge is 0.296 e. The van der Waals surface area contributed by atoms with Crippen molar-refractivity contribution in [2.45, 2.75) is 38.3 Å². The Hall–Kier alpha value is -0.830. The van der Waals surface area contributed by atoms with E-state index in [0.717, 1.165) is 18.5 Å². The molecule has 0 N–H and O–H groups in total. The number of aryl methyl sites for hydroxylation is 1. The lowest BCUT2D eigenvalue weighted by atomic mass is 10.1. The molecule has 0 radical (unpaired) electrons. The third kappa shape index (κ3) is 1.93. The first-order chi connectivity index (χ1) is 7.33. The number of nitrogens with zero attached hydrogens (tertiary/aromatic N) is 3. The van der Waals surface area contributed by atoms with Crippen molar-refractivity contribution in [2.24, 2.45) is 13.0 Å². The number of hydrogen-bond donors (Lipinski definition) is 0. The van der Waals surface area contributed by atoms with Gasteiger partial charge < -0.3 is 0 Å². The number of hydrogen-bond acceptors (Lipinski definition) is 2. The van der Waals surface area contributed by atoms with Crippen LogP contribution in [-0.4, -0.2) is 27.3 Å². The van der Waals surface area contributed by atoms with Gasteiger partial charge in [0.15, 0.2) is 0 Å². The average molecular weight is 205 g/mol. The summed E-state index contributed by atoms with van der Waals surface area (Å²) in [6.45, 7) is 2.39. The fourth-order valence-electron chi connectivity index (χ4n) is 2.85. The zero-order valence-electron chi connectivity index (χ0n) is 9.39. The van der Waals surface area contributed by atoms with E-state index in [9.17, 15) is 0 Å². The van der Waals surface area contributed by atoms with E-state index in [-0.39, 0.29) is 0 Å². The monoisotopic (exact) mass is 205 g/mol. The highest BCUT2D eigenvalue weighted by molar-refractivity contribution is 5.05. The first-order valence-electron chi connectivity index (χ1n) is 6.04. The maximum absolute atomic E-state index is 4.23. The Morgan fingerprint density at radius 1 is 1.40 bits per heavy atom. The van der Waals surface area contributed by atoms with Crippen LogP contribution in [-0.2, 0) is 13.6 Å². The summed E-state index contributed by atoms with van der Waals surface area (Å²) in [5, 5.41) is 4.23. The topological polar surface area (TPSA) is 21.1 Å². The standard InChI is InChI=1S/C12H19N3/c1-14-8-10(7-13-14)9-15-6-2-3-12(15)11-4-5-11/h7-8,11-12H,2-6,9H2,1H3. The summed E-state index contributed by atoms with van der Waals surface area (Å²) in [5.74, 6) is 1.02. The lowest BCUT2D eigenvalue weighted by Crippen LogP contribution is -2.30. The molecule has 0 amide bonds. The number of aromatic nitrogens is 2. The first kappa shape index (κ1) is 9.40. The van der Waals surface area contributed by atoms with Crippen LogP contribution in [0, 0.1) is 5.92 Å². The van der Waals surface area contributed by atoms with Crippen LogP contribution in [0.1, 0.15) is 31.2 Å². The van der Waals surface area contributed by atoms with Gasteiger partial charge in [-0.15, -0.1) is 0 Å². The molecular weight excluding hydrogens is 186 g/mol. The van der Waals surface area contributed by atoms with Crippen LogP contribution in [0.5, 0.6) is 0 Å². The Balaban J connectivity index is 1.66. The zero-order chi connectivity index (χ0) is 10.3. The molecule has 1 unspecified atom stereocenters. The Labute approximate surface area is 91.1 Å². The molecule has 2 heterocycles. The third-order valence-electron chi connectivity index (χ3n) is 3.72. The molecule has 82 valence electrons. The highest BCUT2D eigenvalue weighted by Gasteiger charge is 2.37.